The van der Waals surface area contributed by atoms with Gasteiger partial charge in [0.05, 0.1) is 30.2 Å². The molecule has 1 unspecified atom stereocenters. The van der Waals surface area contributed by atoms with Crippen molar-refractivity contribution in [1.82, 2.24) is 4.98 Å². The van der Waals surface area contributed by atoms with Crippen LogP contribution in [0.4, 0.5) is 5.69 Å². The van der Waals surface area contributed by atoms with E-state index in [1.165, 1.54) is 7.11 Å². The van der Waals surface area contributed by atoms with Crippen molar-refractivity contribution in [2.45, 2.75) is 56.7 Å². The number of aliphatic imine (C=N–C) groups is 2. The summed E-state index contributed by atoms with van der Waals surface area (Å²) in [6.45, 7) is 2.00. The fourth-order valence-electron chi connectivity index (χ4n) is 3.89. The van der Waals surface area contributed by atoms with Crippen LogP contribution in [0.3, 0.4) is 0 Å². The number of hydrogen-bond donors (Lipinski definition) is 2. The number of anilines is 1. The summed E-state index contributed by atoms with van der Waals surface area (Å²) in [5.41, 5.74) is 2.66. The Labute approximate surface area is 196 Å². The zero-order valence-electron chi connectivity index (χ0n) is 18.2. The first-order chi connectivity index (χ1) is 15.4. The molecule has 1 aromatic heterocycles. The number of carbonyl (C=O) groups is 1. The monoisotopic (exact) mass is 498 g/mol. The lowest BCUT2D eigenvalue weighted by Crippen LogP contribution is -2.29. The first-order valence-electron chi connectivity index (χ1n) is 10.8. The molecule has 4 rings (SSSR count). The number of nitrogens with zero attached hydrogens (tertiary/aromatic N) is 3. The molecule has 168 valence electrons. The highest BCUT2D eigenvalue weighted by atomic mass is 79.9. The summed E-state index contributed by atoms with van der Waals surface area (Å²) in [5, 5.41) is 13.8. The lowest BCUT2D eigenvalue weighted by atomic mass is 10.0. The number of pyridine rings is 1. The maximum absolute atomic E-state index is 11.9. The molecule has 2 aromatic rings. The molecular weight excluding hydrogens is 472 g/mol. The van der Waals surface area contributed by atoms with Crippen molar-refractivity contribution in [3.8, 4) is 0 Å². The van der Waals surface area contributed by atoms with Gasteiger partial charge < -0.3 is 15.2 Å². The van der Waals surface area contributed by atoms with Gasteiger partial charge in [-0.3, -0.25) is 19.8 Å². The second-order valence-electron chi connectivity index (χ2n) is 8.43. The minimum Gasteiger partial charge on any atom is -0.469 e. The van der Waals surface area contributed by atoms with E-state index in [2.05, 4.69) is 26.2 Å². The predicted molar refractivity (Wildman–Crippen MR) is 128 cm³/mol. The molecule has 2 N–H and O–H groups in total. The normalized spacial score (nSPS) is 21.1. The third-order valence-corrected chi connectivity index (χ3v) is 6.21. The number of fused-ring (bicyclic) bond motifs is 1. The van der Waals surface area contributed by atoms with Gasteiger partial charge in [-0.05, 0) is 62.9 Å². The Morgan fingerprint density at radius 2 is 2.19 bits per heavy atom. The highest BCUT2D eigenvalue weighted by Crippen LogP contribution is 2.40. The molecule has 2 atom stereocenters. The molecule has 0 amide bonds. The maximum atomic E-state index is 11.9. The van der Waals surface area contributed by atoms with Crippen LogP contribution in [0.1, 0.15) is 50.3 Å². The number of carbonyl (C=O) groups excluding carboxylic acids is 1. The molecule has 2 aliphatic rings. The van der Waals surface area contributed by atoms with Crippen LogP contribution in [0.15, 0.2) is 57.1 Å². The van der Waals surface area contributed by atoms with Crippen LogP contribution in [0.5, 0.6) is 0 Å². The van der Waals surface area contributed by atoms with Gasteiger partial charge in [0.25, 0.3) is 0 Å². The van der Waals surface area contributed by atoms with Crippen molar-refractivity contribution in [2.75, 3.05) is 12.4 Å². The van der Waals surface area contributed by atoms with E-state index in [0.29, 0.717) is 18.7 Å². The van der Waals surface area contributed by atoms with E-state index < -0.39 is 5.60 Å². The Kier molecular flexibility index (Phi) is 6.71. The van der Waals surface area contributed by atoms with Crippen LogP contribution in [0.25, 0.3) is 0 Å². The second kappa shape index (κ2) is 9.50. The molecular formula is C24H27BrN4O3. The maximum Gasteiger partial charge on any atom is 0.305 e. The summed E-state index contributed by atoms with van der Waals surface area (Å²) in [6, 6.07) is 11.2. The number of ether oxygens (including phenoxy) is 1. The van der Waals surface area contributed by atoms with Gasteiger partial charge >= 0.3 is 5.97 Å². The SMILES string of the molecule is COC(=O)CC[C@@H]1N=C(c2ccccn2)c2cc(Br)ccc2NC1=NC(C)CC1(O)CC1. The van der Waals surface area contributed by atoms with Crippen LogP contribution in [-0.2, 0) is 9.53 Å². The summed E-state index contributed by atoms with van der Waals surface area (Å²) in [7, 11) is 1.39. The summed E-state index contributed by atoms with van der Waals surface area (Å²) >= 11 is 3.56. The molecule has 8 heteroatoms. The van der Waals surface area contributed by atoms with Gasteiger partial charge in [-0.2, -0.15) is 0 Å². The summed E-state index contributed by atoms with van der Waals surface area (Å²) in [5.74, 6) is 0.393. The quantitative estimate of drug-likeness (QED) is 0.559. The Hall–Kier alpha value is -2.58. The fraction of sp³-hybridized carbons (Fsp3) is 0.417. The lowest BCUT2D eigenvalue weighted by molar-refractivity contribution is -0.140. The molecule has 32 heavy (non-hydrogen) atoms. The molecule has 1 aliphatic heterocycles. The topological polar surface area (TPSA) is 96.2 Å². The highest BCUT2D eigenvalue weighted by molar-refractivity contribution is 9.10. The third kappa shape index (κ3) is 5.42. The van der Waals surface area contributed by atoms with Crippen LogP contribution >= 0.6 is 15.9 Å². The number of hydrogen-bond acceptors (Lipinski definition) is 6. The van der Waals surface area contributed by atoms with Gasteiger partial charge in [0, 0.05) is 28.3 Å². The molecule has 1 saturated carbocycles. The average molecular weight is 499 g/mol. The van der Waals surface area contributed by atoms with Crippen LogP contribution in [0, 0.1) is 0 Å². The van der Waals surface area contributed by atoms with Crippen molar-refractivity contribution in [1.29, 1.82) is 0 Å². The Bertz CT molecular complexity index is 1050. The molecule has 2 heterocycles. The van der Waals surface area contributed by atoms with E-state index in [1.54, 1.807) is 6.20 Å². The minimum atomic E-state index is -0.596. The fourth-order valence-corrected chi connectivity index (χ4v) is 4.25. The summed E-state index contributed by atoms with van der Waals surface area (Å²) in [6.07, 6.45) is 4.65. The molecule has 1 aromatic carbocycles. The van der Waals surface area contributed by atoms with Crippen molar-refractivity contribution in [2.24, 2.45) is 9.98 Å². The molecule has 1 aliphatic carbocycles. The first-order valence-corrected chi connectivity index (χ1v) is 11.6. The van der Waals surface area contributed by atoms with Gasteiger partial charge in [0.15, 0.2) is 0 Å². The number of amidine groups is 1. The van der Waals surface area contributed by atoms with Crippen molar-refractivity contribution in [3.05, 3.63) is 58.3 Å². The smallest absolute Gasteiger partial charge is 0.305 e. The molecule has 0 spiro atoms. The largest absolute Gasteiger partial charge is 0.469 e. The van der Waals surface area contributed by atoms with Crippen molar-refractivity contribution >= 4 is 39.1 Å². The number of aliphatic hydroxyl groups is 1. The van der Waals surface area contributed by atoms with E-state index in [4.69, 9.17) is 14.7 Å². The standard InChI is InChI=1S/C24H27BrN4O3/c1-15(14-24(31)10-11-24)27-23-20(8-9-21(30)32-2)28-22(19-5-3-4-12-26-19)17-13-16(25)6-7-18(17)29-23/h3-7,12-13,15,20,31H,8-11,14H2,1-2H3,(H,27,29)/t15?,20-/m0/s1. The van der Waals surface area contributed by atoms with E-state index in [-0.39, 0.29) is 24.5 Å². The number of halogens is 1. The lowest BCUT2D eigenvalue weighted by Gasteiger charge is -2.19. The van der Waals surface area contributed by atoms with Crippen LogP contribution in [-0.4, -0.2) is 52.4 Å². The Morgan fingerprint density at radius 1 is 1.38 bits per heavy atom. The average Bonchev–Trinajstić information content (AvgIpc) is 3.53. The van der Waals surface area contributed by atoms with Gasteiger partial charge in [0.1, 0.15) is 11.9 Å². The number of methoxy groups -OCH3 is 1. The molecule has 0 bridgehead atoms. The third-order valence-electron chi connectivity index (χ3n) is 5.72. The first kappa shape index (κ1) is 22.6. The predicted octanol–water partition coefficient (Wildman–Crippen LogP) is 4.13. The van der Waals surface area contributed by atoms with E-state index >= 15 is 0 Å². The highest BCUT2D eigenvalue weighted by Gasteiger charge is 2.41. The van der Waals surface area contributed by atoms with Crippen LogP contribution in [0.2, 0.25) is 0 Å². The number of nitrogens with one attached hydrogen (secondary N) is 1. The number of benzene rings is 1. The van der Waals surface area contributed by atoms with Crippen molar-refractivity contribution in [3.63, 3.8) is 0 Å². The number of rotatable bonds is 7. The minimum absolute atomic E-state index is 0.0869. The van der Waals surface area contributed by atoms with Gasteiger partial charge in [0.2, 0.25) is 0 Å². The second-order valence-corrected chi connectivity index (χ2v) is 9.35. The Balaban J connectivity index is 1.77. The van der Waals surface area contributed by atoms with Crippen LogP contribution < -0.4 is 5.32 Å². The van der Waals surface area contributed by atoms with Gasteiger partial charge in [-0.1, -0.05) is 22.0 Å². The van der Waals surface area contributed by atoms with Crippen molar-refractivity contribution < 1.29 is 14.6 Å². The molecule has 0 radical (unpaired) electrons. The van der Waals surface area contributed by atoms with E-state index in [9.17, 15) is 9.90 Å². The molecule has 1 fully saturated rings. The number of esters is 1. The molecule has 7 nitrogen and oxygen atoms in total. The summed E-state index contributed by atoms with van der Waals surface area (Å²) in [4.78, 5) is 26.4. The molecule has 0 saturated heterocycles. The zero-order chi connectivity index (χ0) is 22.7. The zero-order valence-corrected chi connectivity index (χ0v) is 19.8. The van der Waals surface area contributed by atoms with Gasteiger partial charge in [-0.15, -0.1) is 0 Å². The van der Waals surface area contributed by atoms with E-state index in [1.807, 2.05) is 43.3 Å². The van der Waals surface area contributed by atoms with E-state index in [0.717, 1.165) is 40.0 Å². The summed E-state index contributed by atoms with van der Waals surface area (Å²) < 4.78 is 5.78. The number of benzodiazepines with no additional fused rings is 1. The van der Waals surface area contributed by atoms with Gasteiger partial charge in [-0.25, -0.2) is 0 Å². The Morgan fingerprint density at radius 3 is 2.88 bits per heavy atom. The number of aromatic nitrogens is 1.